The van der Waals surface area contributed by atoms with Crippen LogP contribution in [0.5, 0.6) is 0 Å². The first-order chi connectivity index (χ1) is 8.04. The molecule has 0 bridgehead atoms. The number of hydrogen-bond acceptors (Lipinski definition) is 2. The molecule has 2 rings (SSSR count). The Bertz CT molecular complexity index is 454. The third-order valence-corrected chi connectivity index (χ3v) is 3.65. The predicted molar refractivity (Wildman–Crippen MR) is 70.2 cm³/mol. The molecule has 0 fully saturated rings. The normalized spacial score (nSPS) is 20.0. The van der Waals surface area contributed by atoms with E-state index in [4.69, 9.17) is 0 Å². The summed E-state index contributed by atoms with van der Waals surface area (Å²) in [6, 6.07) is 4.28. The van der Waals surface area contributed by atoms with Gasteiger partial charge < -0.3 is 5.32 Å². The van der Waals surface area contributed by atoms with Crippen LogP contribution in [0.3, 0.4) is 0 Å². The lowest BCUT2D eigenvalue weighted by atomic mass is 10.0. The van der Waals surface area contributed by atoms with Gasteiger partial charge in [0.15, 0.2) is 0 Å². The number of hydrogen-bond donors (Lipinski definition) is 2. The van der Waals surface area contributed by atoms with Crippen molar-refractivity contribution in [1.29, 1.82) is 0 Å². The minimum atomic E-state index is -0.195. The van der Waals surface area contributed by atoms with E-state index in [1.807, 2.05) is 0 Å². The minimum absolute atomic E-state index is 0.0639. The Morgan fingerprint density at radius 1 is 1.41 bits per heavy atom. The van der Waals surface area contributed by atoms with E-state index in [0.717, 1.165) is 17.7 Å². The summed E-state index contributed by atoms with van der Waals surface area (Å²) in [5, 5.41) is 6.35. The number of benzene rings is 1. The Hall–Kier alpha value is -1.35. The van der Waals surface area contributed by atoms with E-state index < -0.39 is 0 Å². The molecule has 1 heterocycles. The molecule has 0 saturated carbocycles. The van der Waals surface area contributed by atoms with Gasteiger partial charge in [0.2, 0.25) is 5.91 Å². The molecule has 2 atom stereocenters. The van der Waals surface area contributed by atoms with Gasteiger partial charge in [-0.15, -0.1) is 0 Å². The van der Waals surface area contributed by atoms with E-state index in [-0.39, 0.29) is 11.9 Å². The number of carbonyl (C=O) groups is 1. The number of aryl methyl sites for hydroxylation is 1. The number of fused-ring (bicyclic) bond motifs is 1. The Labute approximate surface area is 103 Å². The topological polar surface area (TPSA) is 41.1 Å². The third kappa shape index (κ3) is 2.07. The molecule has 1 aromatic carbocycles. The maximum Gasteiger partial charge on any atom is 0.246 e. The SMILES string of the molecule is CCC(C)NC1C(=O)Nc2c1ccc(C)c2C. The van der Waals surface area contributed by atoms with Gasteiger partial charge in [-0.1, -0.05) is 19.1 Å². The van der Waals surface area contributed by atoms with Crippen LogP contribution in [-0.2, 0) is 4.79 Å². The molecule has 0 aliphatic carbocycles. The van der Waals surface area contributed by atoms with E-state index in [1.54, 1.807) is 0 Å². The molecule has 2 N–H and O–H groups in total. The first kappa shape index (κ1) is 12.1. The van der Waals surface area contributed by atoms with Crippen molar-refractivity contribution < 1.29 is 4.79 Å². The molecular formula is C14H20N2O. The number of rotatable bonds is 3. The lowest BCUT2D eigenvalue weighted by molar-refractivity contribution is -0.117. The Morgan fingerprint density at radius 2 is 2.12 bits per heavy atom. The molecule has 3 heteroatoms. The standard InChI is InChI=1S/C14H20N2O/c1-5-9(3)15-13-11-7-6-8(2)10(4)12(11)16-14(13)17/h6-7,9,13,15H,5H2,1-4H3,(H,16,17). The van der Waals surface area contributed by atoms with Crippen LogP contribution in [0.1, 0.15) is 43.0 Å². The largest absolute Gasteiger partial charge is 0.324 e. The Morgan fingerprint density at radius 3 is 2.76 bits per heavy atom. The Balaban J connectivity index is 2.35. The summed E-state index contributed by atoms with van der Waals surface area (Å²) in [5.74, 6) is 0.0639. The second-order valence-corrected chi connectivity index (χ2v) is 4.87. The maximum absolute atomic E-state index is 12.0. The van der Waals surface area contributed by atoms with Gasteiger partial charge in [-0.25, -0.2) is 0 Å². The molecule has 0 saturated heterocycles. The molecule has 1 aliphatic rings. The third-order valence-electron chi connectivity index (χ3n) is 3.65. The summed E-state index contributed by atoms with van der Waals surface area (Å²) in [4.78, 5) is 12.0. The van der Waals surface area contributed by atoms with Crippen molar-refractivity contribution in [3.05, 3.63) is 28.8 Å². The molecule has 1 aromatic rings. The fraction of sp³-hybridized carbons (Fsp3) is 0.500. The van der Waals surface area contributed by atoms with Crippen LogP contribution in [0.4, 0.5) is 5.69 Å². The summed E-state index contributed by atoms with van der Waals surface area (Å²) >= 11 is 0. The van der Waals surface area contributed by atoms with E-state index in [1.165, 1.54) is 11.1 Å². The maximum atomic E-state index is 12.0. The molecule has 0 radical (unpaired) electrons. The molecule has 3 nitrogen and oxygen atoms in total. The highest BCUT2D eigenvalue weighted by Gasteiger charge is 2.32. The van der Waals surface area contributed by atoms with Crippen LogP contribution in [0.25, 0.3) is 0 Å². The van der Waals surface area contributed by atoms with Gasteiger partial charge in [-0.2, -0.15) is 0 Å². The van der Waals surface area contributed by atoms with Crippen LogP contribution in [0.2, 0.25) is 0 Å². The summed E-state index contributed by atoms with van der Waals surface area (Å²) in [6.07, 6.45) is 1.02. The average molecular weight is 232 g/mol. The van der Waals surface area contributed by atoms with Crippen molar-refractivity contribution in [2.24, 2.45) is 0 Å². The minimum Gasteiger partial charge on any atom is -0.324 e. The average Bonchev–Trinajstić information content (AvgIpc) is 2.62. The summed E-state index contributed by atoms with van der Waals surface area (Å²) in [5.41, 5.74) is 4.46. The molecular weight excluding hydrogens is 212 g/mol. The van der Waals surface area contributed by atoms with Crippen molar-refractivity contribution in [2.45, 2.75) is 46.2 Å². The van der Waals surface area contributed by atoms with Crippen LogP contribution in [0, 0.1) is 13.8 Å². The van der Waals surface area contributed by atoms with Gasteiger partial charge in [0.25, 0.3) is 0 Å². The zero-order valence-corrected chi connectivity index (χ0v) is 10.9. The smallest absolute Gasteiger partial charge is 0.246 e. The first-order valence-electron chi connectivity index (χ1n) is 6.21. The number of amides is 1. The van der Waals surface area contributed by atoms with Gasteiger partial charge in [-0.3, -0.25) is 10.1 Å². The monoisotopic (exact) mass is 232 g/mol. The highest BCUT2D eigenvalue weighted by Crippen LogP contribution is 2.35. The summed E-state index contributed by atoms with van der Waals surface area (Å²) in [7, 11) is 0. The summed E-state index contributed by atoms with van der Waals surface area (Å²) < 4.78 is 0. The van der Waals surface area contributed by atoms with E-state index >= 15 is 0 Å². The van der Waals surface area contributed by atoms with Crippen molar-refractivity contribution in [1.82, 2.24) is 5.32 Å². The fourth-order valence-electron chi connectivity index (χ4n) is 2.15. The molecule has 1 amide bonds. The molecule has 2 unspecified atom stereocenters. The van der Waals surface area contributed by atoms with Gasteiger partial charge in [0.05, 0.1) is 0 Å². The quantitative estimate of drug-likeness (QED) is 0.841. The number of nitrogens with one attached hydrogen (secondary N) is 2. The van der Waals surface area contributed by atoms with Gasteiger partial charge in [0.1, 0.15) is 6.04 Å². The van der Waals surface area contributed by atoms with Crippen molar-refractivity contribution in [3.8, 4) is 0 Å². The predicted octanol–water partition coefficient (Wildman–Crippen LogP) is 2.68. The summed E-state index contributed by atoms with van der Waals surface area (Å²) in [6.45, 7) is 8.34. The highest BCUT2D eigenvalue weighted by molar-refractivity contribution is 6.03. The van der Waals surface area contributed by atoms with Crippen LogP contribution >= 0.6 is 0 Å². The van der Waals surface area contributed by atoms with Gasteiger partial charge >= 0.3 is 0 Å². The highest BCUT2D eigenvalue weighted by atomic mass is 16.2. The van der Waals surface area contributed by atoms with Crippen LogP contribution in [-0.4, -0.2) is 11.9 Å². The molecule has 0 aromatic heterocycles. The molecule has 0 spiro atoms. The lowest BCUT2D eigenvalue weighted by Gasteiger charge is -2.17. The Kier molecular flexibility index (Phi) is 3.20. The zero-order valence-electron chi connectivity index (χ0n) is 10.9. The van der Waals surface area contributed by atoms with Crippen LogP contribution in [0.15, 0.2) is 12.1 Å². The van der Waals surface area contributed by atoms with E-state index in [9.17, 15) is 4.79 Å². The van der Waals surface area contributed by atoms with Crippen molar-refractivity contribution >= 4 is 11.6 Å². The molecule has 1 aliphatic heterocycles. The van der Waals surface area contributed by atoms with Crippen LogP contribution < -0.4 is 10.6 Å². The zero-order chi connectivity index (χ0) is 12.6. The first-order valence-corrected chi connectivity index (χ1v) is 6.21. The molecule has 92 valence electrons. The van der Waals surface area contributed by atoms with E-state index in [0.29, 0.717) is 6.04 Å². The number of carbonyl (C=O) groups excluding carboxylic acids is 1. The van der Waals surface area contributed by atoms with E-state index in [2.05, 4.69) is 50.5 Å². The second kappa shape index (κ2) is 4.49. The van der Waals surface area contributed by atoms with Gasteiger partial charge in [0, 0.05) is 17.3 Å². The van der Waals surface area contributed by atoms with Crippen molar-refractivity contribution in [3.63, 3.8) is 0 Å². The fourth-order valence-corrected chi connectivity index (χ4v) is 2.15. The van der Waals surface area contributed by atoms with Gasteiger partial charge in [-0.05, 0) is 38.3 Å². The number of anilines is 1. The second-order valence-electron chi connectivity index (χ2n) is 4.87. The molecule has 17 heavy (non-hydrogen) atoms. The van der Waals surface area contributed by atoms with Crippen molar-refractivity contribution in [2.75, 3.05) is 5.32 Å². The lowest BCUT2D eigenvalue weighted by Crippen LogP contribution is -2.34.